The Balaban J connectivity index is 0.00000137. The Bertz CT molecular complexity index is 980. The third-order valence-electron chi connectivity index (χ3n) is 6.00. The normalized spacial score (nSPS) is 17.2. The molecule has 3 amide bonds. The van der Waals surface area contributed by atoms with Crippen molar-refractivity contribution in [1.82, 2.24) is 9.80 Å². The molecule has 1 saturated heterocycles. The molecule has 1 aliphatic heterocycles. The van der Waals surface area contributed by atoms with E-state index in [1.807, 2.05) is 69.3 Å². The summed E-state index contributed by atoms with van der Waals surface area (Å²) in [6.07, 6.45) is 9.11. The lowest BCUT2D eigenvalue weighted by Gasteiger charge is -2.29. The van der Waals surface area contributed by atoms with Crippen LogP contribution in [-0.2, 0) is 11.2 Å². The quantitative estimate of drug-likeness (QED) is 0.281. The summed E-state index contributed by atoms with van der Waals surface area (Å²) in [6, 6.07) is 19.3. The maximum atomic E-state index is 13.4. The van der Waals surface area contributed by atoms with Crippen LogP contribution in [0.2, 0.25) is 0 Å². The number of rotatable bonds is 9. The Labute approximate surface area is 212 Å². The first-order valence-corrected chi connectivity index (χ1v) is 12.9. The van der Waals surface area contributed by atoms with Gasteiger partial charge in [-0.3, -0.25) is 9.69 Å². The number of hydrogen-bond donors (Lipinski definition) is 0. The molecular weight excluding hydrogens is 432 g/mol. The Morgan fingerprint density at radius 2 is 1.51 bits per heavy atom. The highest BCUT2D eigenvalue weighted by Crippen LogP contribution is 2.31. The van der Waals surface area contributed by atoms with Gasteiger partial charge in [0.15, 0.2) is 0 Å². The van der Waals surface area contributed by atoms with Gasteiger partial charge >= 0.3 is 6.03 Å². The average molecular weight is 475 g/mol. The molecule has 188 valence electrons. The predicted molar refractivity (Wildman–Crippen MR) is 146 cm³/mol. The second-order valence-corrected chi connectivity index (χ2v) is 9.21. The van der Waals surface area contributed by atoms with Gasteiger partial charge in [0.05, 0.1) is 0 Å². The van der Waals surface area contributed by atoms with Crippen LogP contribution in [0.5, 0.6) is 0 Å². The Kier molecular flexibility index (Phi) is 11.5. The van der Waals surface area contributed by atoms with Crippen molar-refractivity contribution in [3.63, 3.8) is 0 Å². The lowest BCUT2D eigenvalue weighted by atomic mass is 9.89. The molecule has 2 unspecified atom stereocenters. The van der Waals surface area contributed by atoms with Crippen LogP contribution in [0.1, 0.15) is 71.4 Å². The summed E-state index contributed by atoms with van der Waals surface area (Å²) < 4.78 is 0. The van der Waals surface area contributed by atoms with Crippen LogP contribution in [0.4, 0.5) is 4.79 Å². The molecule has 2 aromatic rings. The number of carbonyl (C=O) groups excluding carboxylic acids is 2. The van der Waals surface area contributed by atoms with E-state index in [1.165, 1.54) is 11.3 Å². The maximum absolute atomic E-state index is 13.4. The molecule has 0 saturated carbocycles. The number of urea groups is 1. The van der Waals surface area contributed by atoms with Crippen LogP contribution in [0, 0.1) is 0 Å². The smallest absolute Gasteiger partial charge is 0.311 e. The number of nitrogens with zero attached hydrogens (tertiary/aromatic N) is 2. The molecule has 0 spiro atoms. The molecule has 1 aliphatic rings. The molecule has 35 heavy (non-hydrogen) atoms. The first-order chi connectivity index (χ1) is 16.9. The fourth-order valence-electron chi connectivity index (χ4n) is 4.33. The van der Waals surface area contributed by atoms with Gasteiger partial charge in [0.1, 0.15) is 6.04 Å². The number of benzene rings is 2. The van der Waals surface area contributed by atoms with Gasteiger partial charge in [-0.2, -0.15) is 0 Å². The van der Waals surface area contributed by atoms with Crippen LogP contribution >= 0.6 is 0 Å². The molecule has 0 bridgehead atoms. The highest BCUT2D eigenvalue weighted by Gasteiger charge is 2.46. The molecule has 2 aromatic carbocycles. The van der Waals surface area contributed by atoms with Gasteiger partial charge in [-0.15, -0.1) is 0 Å². The van der Waals surface area contributed by atoms with Gasteiger partial charge in [-0.25, -0.2) is 4.79 Å². The number of amides is 3. The van der Waals surface area contributed by atoms with E-state index in [1.54, 1.807) is 4.90 Å². The van der Waals surface area contributed by atoms with Gasteiger partial charge < -0.3 is 4.90 Å². The van der Waals surface area contributed by atoms with E-state index in [2.05, 4.69) is 51.1 Å². The highest BCUT2D eigenvalue weighted by atomic mass is 16.2. The summed E-state index contributed by atoms with van der Waals surface area (Å²) in [4.78, 5) is 30.0. The molecule has 0 radical (unpaired) electrons. The molecule has 4 nitrogen and oxygen atoms in total. The number of hydrogen-bond acceptors (Lipinski definition) is 2. The van der Waals surface area contributed by atoms with Crippen molar-refractivity contribution in [2.75, 3.05) is 6.54 Å². The summed E-state index contributed by atoms with van der Waals surface area (Å²) >= 11 is 0. The Morgan fingerprint density at radius 1 is 0.943 bits per heavy atom. The van der Waals surface area contributed by atoms with E-state index in [0.717, 1.165) is 23.1 Å². The first kappa shape index (κ1) is 28.1. The van der Waals surface area contributed by atoms with Crippen molar-refractivity contribution < 1.29 is 9.59 Å². The molecular formula is C31H42N2O2. The maximum Gasteiger partial charge on any atom is 0.327 e. The third kappa shape index (κ3) is 7.42. The van der Waals surface area contributed by atoms with E-state index in [-0.39, 0.29) is 23.9 Å². The van der Waals surface area contributed by atoms with E-state index in [0.29, 0.717) is 13.0 Å². The van der Waals surface area contributed by atoms with E-state index < -0.39 is 6.04 Å². The van der Waals surface area contributed by atoms with E-state index in [4.69, 9.17) is 0 Å². The molecule has 0 aromatic heterocycles. The monoisotopic (exact) mass is 474 g/mol. The average Bonchev–Trinajstić information content (AvgIpc) is 3.09. The van der Waals surface area contributed by atoms with Crippen LogP contribution in [-0.4, -0.2) is 40.4 Å². The summed E-state index contributed by atoms with van der Waals surface area (Å²) in [5.74, 6) is -0.113. The Hall–Kier alpha value is -3.14. The van der Waals surface area contributed by atoms with Gasteiger partial charge in [-0.1, -0.05) is 106 Å². The predicted octanol–water partition coefficient (Wildman–Crippen LogP) is 7.38. The summed E-state index contributed by atoms with van der Waals surface area (Å²) in [5, 5.41) is 0. The molecule has 0 N–H and O–H groups in total. The lowest BCUT2D eigenvalue weighted by molar-refractivity contribution is -0.129. The Morgan fingerprint density at radius 3 is 2.03 bits per heavy atom. The fraction of sp³-hybridized carbons (Fsp3) is 0.419. The second kappa shape index (κ2) is 14.3. The van der Waals surface area contributed by atoms with Gasteiger partial charge in [0.2, 0.25) is 0 Å². The largest absolute Gasteiger partial charge is 0.327 e. The van der Waals surface area contributed by atoms with Gasteiger partial charge in [0.25, 0.3) is 5.91 Å². The second-order valence-electron chi connectivity index (χ2n) is 9.21. The van der Waals surface area contributed by atoms with Crippen molar-refractivity contribution in [1.29, 1.82) is 0 Å². The zero-order chi connectivity index (χ0) is 25.8. The van der Waals surface area contributed by atoms with Crippen molar-refractivity contribution in [2.24, 2.45) is 0 Å². The third-order valence-corrected chi connectivity index (χ3v) is 6.00. The molecule has 1 heterocycles. The zero-order valence-corrected chi connectivity index (χ0v) is 22.3. The minimum absolute atomic E-state index is 0.00821. The molecule has 3 rings (SSSR count). The van der Waals surface area contributed by atoms with Crippen LogP contribution < -0.4 is 0 Å². The number of allylic oxidation sites excluding steroid dienone is 3. The molecule has 0 aliphatic carbocycles. The summed E-state index contributed by atoms with van der Waals surface area (Å²) in [6.45, 7) is 12.7. The minimum Gasteiger partial charge on any atom is -0.311 e. The fourth-order valence-corrected chi connectivity index (χ4v) is 4.33. The molecule has 1 fully saturated rings. The van der Waals surface area contributed by atoms with Gasteiger partial charge in [-0.05, 0) is 43.9 Å². The standard InChI is InChI=1S/C28H34N2O2.C3H8/c1-5-7-16-23(6-2)25(24-17-12-9-13-18-24)20-29-26(19-22-14-10-8-11-15-22)27(31)30(21(3)4)28(29)32;1-3-2/h6-18,21,25-26H,5,19-20H2,1-4H3;3H2,1-2H3/b16-7-,23-6+;. The van der Waals surface area contributed by atoms with Crippen molar-refractivity contribution in [3.05, 3.63) is 95.6 Å². The first-order valence-electron chi connectivity index (χ1n) is 12.9. The van der Waals surface area contributed by atoms with Crippen molar-refractivity contribution in [2.45, 2.75) is 78.8 Å². The van der Waals surface area contributed by atoms with Gasteiger partial charge in [0, 0.05) is 24.9 Å². The van der Waals surface area contributed by atoms with Crippen LogP contribution in [0.15, 0.2) is 84.5 Å². The zero-order valence-electron chi connectivity index (χ0n) is 22.3. The molecule has 4 heteroatoms. The van der Waals surface area contributed by atoms with Crippen molar-refractivity contribution in [3.8, 4) is 0 Å². The topological polar surface area (TPSA) is 40.6 Å². The minimum atomic E-state index is -0.494. The summed E-state index contributed by atoms with van der Waals surface area (Å²) in [7, 11) is 0. The highest BCUT2D eigenvalue weighted by molar-refractivity contribution is 6.04. The molecule has 2 atom stereocenters. The number of imide groups is 1. The van der Waals surface area contributed by atoms with Crippen LogP contribution in [0.3, 0.4) is 0 Å². The lowest BCUT2D eigenvalue weighted by Crippen LogP contribution is -2.40. The number of carbonyl (C=O) groups is 2. The SMILES string of the molecule is C/C=C(\C=C/CC)C(CN1C(=O)N(C(C)C)C(=O)C1Cc1ccccc1)c1ccccc1.CCC. The summed E-state index contributed by atoms with van der Waals surface area (Å²) in [5.41, 5.74) is 3.35. The van der Waals surface area contributed by atoms with Crippen LogP contribution in [0.25, 0.3) is 0 Å². The van der Waals surface area contributed by atoms with E-state index >= 15 is 0 Å². The van der Waals surface area contributed by atoms with Crippen molar-refractivity contribution >= 4 is 11.9 Å². The van der Waals surface area contributed by atoms with E-state index in [9.17, 15) is 9.59 Å².